The molecule has 0 aliphatic carbocycles. The van der Waals surface area contributed by atoms with E-state index in [1.54, 1.807) is 6.20 Å². The molecule has 0 saturated heterocycles. The first kappa shape index (κ1) is 15.6. The van der Waals surface area contributed by atoms with Crippen molar-refractivity contribution in [2.45, 2.75) is 26.7 Å². The Balaban J connectivity index is 2.28. The lowest BCUT2D eigenvalue weighted by atomic mass is 9.93. The van der Waals surface area contributed by atoms with E-state index in [4.69, 9.17) is 0 Å². The molecule has 1 aromatic heterocycles. The number of nitrogens with one attached hydrogen (secondary N) is 1. The predicted octanol–water partition coefficient (Wildman–Crippen LogP) is 1.72. The van der Waals surface area contributed by atoms with Gasteiger partial charge in [0.05, 0.1) is 0 Å². The Morgan fingerprint density at radius 3 is 2.74 bits per heavy atom. The van der Waals surface area contributed by atoms with E-state index >= 15 is 0 Å². The van der Waals surface area contributed by atoms with E-state index in [2.05, 4.69) is 29.0 Å². The lowest BCUT2D eigenvalue weighted by Crippen LogP contribution is -2.40. The lowest BCUT2D eigenvalue weighted by molar-refractivity contribution is -0.121. The fourth-order valence-corrected chi connectivity index (χ4v) is 2.14. The standard InChI is InChI=1S/C15H25N3O/c1-15(2,12-18(3)4)11-17-14(19)8-7-13-6-5-9-16-10-13/h5-6,9-10H,7-8,11-12H2,1-4H3,(H,17,19). The Hall–Kier alpha value is -1.42. The van der Waals surface area contributed by atoms with Crippen LogP contribution >= 0.6 is 0 Å². The molecule has 1 rings (SSSR count). The Morgan fingerprint density at radius 1 is 1.42 bits per heavy atom. The SMILES string of the molecule is CN(C)CC(C)(C)CNC(=O)CCc1cccnc1. The van der Waals surface area contributed by atoms with E-state index in [-0.39, 0.29) is 11.3 Å². The highest BCUT2D eigenvalue weighted by molar-refractivity contribution is 5.76. The molecule has 0 aliphatic heterocycles. The molecule has 0 bridgehead atoms. The molecule has 1 aromatic rings. The first-order chi connectivity index (χ1) is 8.89. The largest absolute Gasteiger partial charge is 0.356 e. The quantitative estimate of drug-likeness (QED) is 0.814. The molecular formula is C15H25N3O. The Labute approximate surface area is 116 Å². The number of pyridine rings is 1. The second-order valence-electron chi connectivity index (χ2n) is 6.04. The Bertz CT molecular complexity index is 388. The van der Waals surface area contributed by atoms with Crippen LogP contribution in [-0.4, -0.2) is 43.0 Å². The maximum absolute atomic E-state index is 11.8. The highest BCUT2D eigenvalue weighted by atomic mass is 16.1. The van der Waals surface area contributed by atoms with Gasteiger partial charge >= 0.3 is 0 Å². The second kappa shape index (κ2) is 7.24. The minimum atomic E-state index is 0.0907. The van der Waals surface area contributed by atoms with Crippen molar-refractivity contribution in [3.63, 3.8) is 0 Å². The summed E-state index contributed by atoms with van der Waals surface area (Å²) in [4.78, 5) is 18.0. The molecule has 4 nitrogen and oxygen atoms in total. The van der Waals surface area contributed by atoms with E-state index < -0.39 is 0 Å². The molecule has 0 saturated carbocycles. The molecule has 0 radical (unpaired) electrons. The van der Waals surface area contributed by atoms with Crippen LogP contribution in [0.4, 0.5) is 0 Å². The van der Waals surface area contributed by atoms with E-state index in [0.717, 1.165) is 18.5 Å². The molecule has 0 aromatic carbocycles. The summed E-state index contributed by atoms with van der Waals surface area (Å²) >= 11 is 0. The molecule has 0 fully saturated rings. The third-order valence-electron chi connectivity index (χ3n) is 2.87. The van der Waals surface area contributed by atoms with Crippen LogP contribution < -0.4 is 5.32 Å². The van der Waals surface area contributed by atoms with Crippen LogP contribution in [0.25, 0.3) is 0 Å². The maximum Gasteiger partial charge on any atom is 0.220 e. The summed E-state index contributed by atoms with van der Waals surface area (Å²) in [7, 11) is 4.10. The number of hydrogen-bond donors (Lipinski definition) is 1. The highest BCUT2D eigenvalue weighted by Crippen LogP contribution is 2.14. The third kappa shape index (κ3) is 6.91. The molecule has 0 spiro atoms. The van der Waals surface area contributed by atoms with E-state index in [0.29, 0.717) is 13.0 Å². The molecule has 19 heavy (non-hydrogen) atoms. The number of amides is 1. The molecule has 1 amide bonds. The van der Waals surface area contributed by atoms with Gasteiger partial charge in [-0.15, -0.1) is 0 Å². The number of carbonyl (C=O) groups is 1. The van der Waals surface area contributed by atoms with Gasteiger partial charge in [0.15, 0.2) is 0 Å². The number of aryl methyl sites for hydroxylation is 1. The van der Waals surface area contributed by atoms with Crippen molar-refractivity contribution in [1.82, 2.24) is 15.2 Å². The van der Waals surface area contributed by atoms with Gasteiger partial charge in [0.1, 0.15) is 0 Å². The van der Waals surface area contributed by atoms with E-state index in [9.17, 15) is 4.79 Å². The summed E-state index contributed by atoms with van der Waals surface area (Å²) in [5.74, 6) is 0.107. The van der Waals surface area contributed by atoms with Crippen LogP contribution in [0, 0.1) is 5.41 Å². The summed E-state index contributed by atoms with van der Waals surface area (Å²) in [6.07, 6.45) is 4.81. The lowest BCUT2D eigenvalue weighted by Gasteiger charge is -2.28. The van der Waals surface area contributed by atoms with Crippen LogP contribution in [0.5, 0.6) is 0 Å². The van der Waals surface area contributed by atoms with Gasteiger partial charge in [0.2, 0.25) is 5.91 Å². The van der Waals surface area contributed by atoms with Crippen LogP contribution in [0.15, 0.2) is 24.5 Å². The van der Waals surface area contributed by atoms with Gasteiger partial charge in [-0.2, -0.15) is 0 Å². The van der Waals surface area contributed by atoms with Crippen molar-refractivity contribution in [3.05, 3.63) is 30.1 Å². The van der Waals surface area contributed by atoms with Crippen LogP contribution in [-0.2, 0) is 11.2 Å². The smallest absolute Gasteiger partial charge is 0.220 e. The van der Waals surface area contributed by atoms with Crippen molar-refractivity contribution in [2.24, 2.45) is 5.41 Å². The summed E-state index contributed by atoms with van der Waals surface area (Å²) in [5, 5.41) is 3.01. The van der Waals surface area contributed by atoms with Gasteiger partial charge in [-0.25, -0.2) is 0 Å². The van der Waals surface area contributed by atoms with E-state index in [1.807, 2.05) is 32.4 Å². The molecule has 4 heteroatoms. The van der Waals surface area contributed by atoms with Crippen molar-refractivity contribution >= 4 is 5.91 Å². The fraction of sp³-hybridized carbons (Fsp3) is 0.600. The molecule has 1 N–H and O–H groups in total. The average Bonchev–Trinajstić information content (AvgIpc) is 2.34. The molecule has 1 heterocycles. The Morgan fingerprint density at radius 2 is 2.16 bits per heavy atom. The summed E-state index contributed by atoms with van der Waals surface area (Å²) in [6.45, 7) is 5.98. The molecular weight excluding hydrogens is 238 g/mol. The fourth-order valence-electron chi connectivity index (χ4n) is 2.14. The zero-order chi connectivity index (χ0) is 14.3. The van der Waals surface area contributed by atoms with Gasteiger partial charge < -0.3 is 10.2 Å². The van der Waals surface area contributed by atoms with Crippen molar-refractivity contribution < 1.29 is 4.79 Å². The highest BCUT2D eigenvalue weighted by Gasteiger charge is 2.19. The minimum absolute atomic E-state index is 0.0907. The first-order valence-electron chi connectivity index (χ1n) is 6.69. The summed E-state index contributed by atoms with van der Waals surface area (Å²) in [6, 6.07) is 3.89. The number of hydrogen-bond acceptors (Lipinski definition) is 3. The van der Waals surface area contributed by atoms with Crippen LogP contribution in [0.1, 0.15) is 25.8 Å². The molecule has 0 aliphatic rings. The third-order valence-corrected chi connectivity index (χ3v) is 2.87. The van der Waals surface area contributed by atoms with Gasteiger partial charge in [-0.3, -0.25) is 9.78 Å². The van der Waals surface area contributed by atoms with Crippen molar-refractivity contribution in [2.75, 3.05) is 27.2 Å². The topological polar surface area (TPSA) is 45.2 Å². The second-order valence-corrected chi connectivity index (χ2v) is 6.04. The van der Waals surface area contributed by atoms with E-state index in [1.165, 1.54) is 0 Å². The van der Waals surface area contributed by atoms with Gasteiger partial charge in [0, 0.05) is 31.9 Å². The van der Waals surface area contributed by atoms with Gasteiger partial charge in [-0.05, 0) is 37.6 Å². The van der Waals surface area contributed by atoms with Crippen molar-refractivity contribution in [3.8, 4) is 0 Å². The van der Waals surface area contributed by atoms with Crippen LogP contribution in [0.3, 0.4) is 0 Å². The zero-order valence-electron chi connectivity index (χ0n) is 12.4. The monoisotopic (exact) mass is 263 g/mol. The Kier molecular flexibility index (Phi) is 5.96. The van der Waals surface area contributed by atoms with Gasteiger partial charge in [-0.1, -0.05) is 19.9 Å². The molecule has 0 unspecified atom stereocenters. The average molecular weight is 263 g/mol. The minimum Gasteiger partial charge on any atom is -0.356 e. The predicted molar refractivity (Wildman–Crippen MR) is 77.9 cm³/mol. The number of rotatable bonds is 7. The maximum atomic E-state index is 11.8. The number of carbonyl (C=O) groups excluding carboxylic acids is 1. The summed E-state index contributed by atoms with van der Waals surface area (Å²) < 4.78 is 0. The summed E-state index contributed by atoms with van der Waals surface area (Å²) in [5.41, 5.74) is 1.19. The number of aromatic nitrogens is 1. The zero-order valence-corrected chi connectivity index (χ0v) is 12.4. The number of nitrogens with zero attached hydrogens (tertiary/aromatic N) is 2. The first-order valence-corrected chi connectivity index (χ1v) is 6.69. The van der Waals surface area contributed by atoms with Gasteiger partial charge in [0.25, 0.3) is 0 Å². The molecule has 0 atom stereocenters. The normalized spacial score (nSPS) is 11.6. The van der Waals surface area contributed by atoms with Crippen LogP contribution in [0.2, 0.25) is 0 Å². The van der Waals surface area contributed by atoms with Crippen molar-refractivity contribution in [1.29, 1.82) is 0 Å². The molecule has 106 valence electrons.